The summed E-state index contributed by atoms with van der Waals surface area (Å²) in [6.07, 6.45) is 1.43. The van der Waals surface area contributed by atoms with Gasteiger partial charge in [-0.2, -0.15) is 0 Å². The topological polar surface area (TPSA) is 77.5 Å². The van der Waals surface area contributed by atoms with Crippen LogP contribution in [0.5, 0.6) is 0 Å². The van der Waals surface area contributed by atoms with Crippen molar-refractivity contribution >= 4 is 17.8 Å². The maximum absolute atomic E-state index is 11.9. The Morgan fingerprint density at radius 2 is 1.95 bits per heavy atom. The van der Waals surface area contributed by atoms with Crippen LogP contribution in [0, 0.1) is 6.92 Å². The molecule has 0 radical (unpaired) electrons. The second kappa shape index (κ2) is 7.06. The molecule has 1 atom stereocenters. The number of hydrogen-bond donors (Lipinski definition) is 1. The van der Waals surface area contributed by atoms with Crippen molar-refractivity contribution in [1.29, 1.82) is 0 Å². The van der Waals surface area contributed by atoms with E-state index in [1.165, 1.54) is 14.2 Å². The Kier molecular flexibility index (Phi) is 5.69. The fourth-order valence-electron chi connectivity index (χ4n) is 2.18. The van der Waals surface area contributed by atoms with Crippen LogP contribution in [-0.4, -0.2) is 36.7 Å². The number of carbonyl (C=O) groups is 2. The summed E-state index contributed by atoms with van der Waals surface area (Å²) in [5, 5.41) is 3.09. The van der Waals surface area contributed by atoms with Crippen molar-refractivity contribution in [3.05, 3.63) is 23.4 Å². The van der Waals surface area contributed by atoms with E-state index >= 15 is 0 Å². The molecule has 0 spiro atoms. The molecule has 0 fully saturated rings. The summed E-state index contributed by atoms with van der Waals surface area (Å²) in [6, 6.07) is 3.27. The van der Waals surface area contributed by atoms with E-state index in [0.717, 1.165) is 6.42 Å². The predicted molar refractivity (Wildman–Crippen MR) is 79.3 cm³/mol. The molecule has 0 aliphatic heterocycles. The number of anilines is 1. The lowest BCUT2D eigenvalue weighted by Crippen LogP contribution is -2.44. The maximum atomic E-state index is 11.9. The first-order valence-electron chi connectivity index (χ1n) is 6.80. The second-order valence-corrected chi connectivity index (χ2v) is 5.02. The van der Waals surface area contributed by atoms with Gasteiger partial charge in [0, 0.05) is 0 Å². The van der Waals surface area contributed by atoms with Crippen LogP contribution < -0.4 is 5.32 Å². The monoisotopic (exact) mass is 294 g/mol. The first-order chi connectivity index (χ1) is 9.87. The van der Waals surface area contributed by atoms with E-state index < -0.39 is 11.5 Å². The predicted octanol–water partition coefficient (Wildman–Crippen LogP) is 2.32. The van der Waals surface area contributed by atoms with E-state index in [1.807, 2.05) is 6.92 Å². The molecular weight excluding hydrogens is 272 g/mol. The quantitative estimate of drug-likeness (QED) is 0.811. The molecule has 1 unspecified atom stereocenters. The summed E-state index contributed by atoms with van der Waals surface area (Å²) < 4.78 is 9.52. The highest BCUT2D eigenvalue weighted by molar-refractivity contribution is 5.91. The van der Waals surface area contributed by atoms with Gasteiger partial charge in [0.25, 0.3) is 0 Å². The van der Waals surface area contributed by atoms with Crippen LogP contribution in [0.25, 0.3) is 0 Å². The maximum Gasteiger partial charge on any atom is 0.339 e. The largest absolute Gasteiger partial charge is 0.467 e. The highest BCUT2D eigenvalue weighted by Gasteiger charge is 2.33. The molecule has 1 N–H and O–H groups in total. The molecule has 0 saturated carbocycles. The first-order valence-corrected chi connectivity index (χ1v) is 6.80. The zero-order valence-corrected chi connectivity index (χ0v) is 13.1. The van der Waals surface area contributed by atoms with Crippen LogP contribution in [-0.2, 0) is 14.3 Å². The molecular formula is C15H22N2O4. The van der Waals surface area contributed by atoms with Crippen LogP contribution in [0.2, 0.25) is 0 Å². The number of aromatic nitrogens is 1. The smallest absolute Gasteiger partial charge is 0.339 e. The van der Waals surface area contributed by atoms with E-state index in [-0.39, 0.29) is 5.97 Å². The van der Waals surface area contributed by atoms with Crippen LogP contribution in [0.4, 0.5) is 5.82 Å². The summed E-state index contributed by atoms with van der Waals surface area (Å²) in [4.78, 5) is 27.8. The number of aryl methyl sites for hydroxylation is 1. The third kappa shape index (κ3) is 3.93. The molecule has 0 aliphatic rings. The minimum atomic E-state index is -0.851. The number of esters is 2. The van der Waals surface area contributed by atoms with Gasteiger partial charge in [-0.3, -0.25) is 0 Å². The molecule has 0 saturated heterocycles. The Hall–Kier alpha value is -2.11. The van der Waals surface area contributed by atoms with Crippen molar-refractivity contribution in [2.45, 2.75) is 39.2 Å². The van der Waals surface area contributed by atoms with Gasteiger partial charge in [-0.1, -0.05) is 13.3 Å². The second-order valence-electron chi connectivity index (χ2n) is 5.02. The molecule has 1 heterocycles. The van der Waals surface area contributed by atoms with Crippen molar-refractivity contribution < 1.29 is 19.1 Å². The Balaban J connectivity index is 3.03. The molecule has 116 valence electrons. The number of nitrogens with one attached hydrogen (secondary N) is 1. The lowest BCUT2D eigenvalue weighted by molar-refractivity contribution is -0.145. The van der Waals surface area contributed by atoms with Gasteiger partial charge in [0.2, 0.25) is 0 Å². The summed E-state index contributed by atoms with van der Waals surface area (Å²) in [5.74, 6) is -0.266. The zero-order chi connectivity index (χ0) is 16.0. The minimum Gasteiger partial charge on any atom is -0.467 e. The standard InChI is InChI=1S/C15H22N2O4/c1-6-9-15(3,14(19)21-5)17-12-8-7-11(10(2)16-12)13(18)20-4/h7-8H,6,9H2,1-5H3,(H,16,17). The van der Waals surface area contributed by atoms with Gasteiger partial charge in [-0.25, -0.2) is 14.6 Å². The number of carbonyl (C=O) groups excluding carboxylic acids is 2. The SMILES string of the molecule is CCCC(C)(Nc1ccc(C(=O)OC)c(C)n1)C(=O)OC. The molecule has 0 aromatic carbocycles. The van der Waals surface area contributed by atoms with E-state index in [2.05, 4.69) is 15.0 Å². The fourth-order valence-corrected chi connectivity index (χ4v) is 2.18. The first kappa shape index (κ1) is 16.9. The van der Waals surface area contributed by atoms with Gasteiger partial charge in [-0.05, 0) is 32.4 Å². The van der Waals surface area contributed by atoms with E-state index in [9.17, 15) is 9.59 Å². The normalized spacial score (nSPS) is 13.2. The van der Waals surface area contributed by atoms with Crippen LogP contribution >= 0.6 is 0 Å². The molecule has 1 aromatic heterocycles. The van der Waals surface area contributed by atoms with Gasteiger partial charge in [-0.15, -0.1) is 0 Å². The number of ether oxygens (including phenoxy) is 2. The summed E-state index contributed by atoms with van der Waals surface area (Å²) >= 11 is 0. The number of nitrogens with zero attached hydrogens (tertiary/aromatic N) is 1. The van der Waals surface area contributed by atoms with Crippen molar-refractivity contribution in [2.24, 2.45) is 0 Å². The summed E-state index contributed by atoms with van der Waals surface area (Å²) in [5.41, 5.74) is 0.0873. The summed E-state index contributed by atoms with van der Waals surface area (Å²) in [6.45, 7) is 5.47. The Bertz CT molecular complexity index is 530. The van der Waals surface area contributed by atoms with Crippen molar-refractivity contribution in [2.75, 3.05) is 19.5 Å². The molecule has 6 nitrogen and oxygen atoms in total. The average molecular weight is 294 g/mol. The molecule has 1 aromatic rings. The van der Waals surface area contributed by atoms with Gasteiger partial charge in [0.15, 0.2) is 0 Å². The molecule has 1 rings (SSSR count). The number of rotatable bonds is 6. The highest BCUT2D eigenvalue weighted by atomic mass is 16.5. The van der Waals surface area contributed by atoms with E-state index in [4.69, 9.17) is 4.74 Å². The van der Waals surface area contributed by atoms with Gasteiger partial charge < -0.3 is 14.8 Å². The van der Waals surface area contributed by atoms with Gasteiger partial charge >= 0.3 is 11.9 Å². The zero-order valence-electron chi connectivity index (χ0n) is 13.1. The lowest BCUT2D eigenvalue weighted by Gasteiger charge is -2.28. The highest BCUT2D eigenvalue weighted by Crippen LogP contribution is 2.21. The Morgan fingerprint density at radius 3 is 2.43 bits per heavy atom. The third-order valence-electron chi connectivity index (χ3n) is 3.28. The molecule has 0 amide bonds. The minimum absolute atomic E-state index is 0.346. The van der Waals surface area contributed by atoms with Crippen molar-refractivity contribution in [1.82, 2.24) is 4.98 Å². The number of hydrogen-bond acceptors (Lipinski definition) is 6. The third-order valence-corrected chi connectivity index (χ3v) is 3.28. The van der Waals surface area contributed by atoms with E-state index in [1.54, 1.807) is 26.0 Å². The molecule has 6 heteroatoms. The molecule has 0 aliphatic carbocycles. The molecule has 21 heavy (non-hydrogen) atoms. The fraction of sp³-hybridized carbons (Fsp3) is 0.533. The van der Waals surface area contributed by atoms with Crippen molar-refractivity contribution in [3.63, 3.8) is 0 Å². The number of methoxy groups -OCH3 is 2. The van der Waals surface area contributed by atoms with Crippen LogP contribution in [0.15, 0.2) is 12.1 Å². The van der Waals surface area contributed by atoms with Crippen LogP contribution in [0.3, 0.4) is 0 Å². The average Bonchev–Trinajstić information content (AvgIpc) is 2.45. The molecule has 0 bridgehead atoms. The van der Waals surface area contributed by atoms with Crippen molar-refractivity contribution in [3.8, 4) is 0 Å². The number of pyridine rings is 1. The van der Waals surface area contributed by atoms with Crippen LogP contribution in [0.1, 0.15) is 42.7 Å². The lowest BCUT2D eigenvalue weighted by atomic mass is 9.96. The Morgan fingerprint density at radius 1 is 1.29 bits per heavy atom. The van der Waals surface area contributed by atoms with Gasteiger partial charge in [0.1, 0.15) is 11.4 Å². The van der Waals surface area contributed by atoms with E-state index in [0.29, 0.717) is 23.5 Å². The summed E-state index contributed by atoms with van der Waals surface area (Å²) in [7, 11) is 2.68. The van der Waals surface area contributed by atoms with Gasteiger partial charge in [0.05, 0.1) is 25.5 Å². The Labute approximate surface area is 124 Å².